The molecule has 4 rings (SSSR count). The summed E-state index contributed by atoms with van der Waals surface area (Å²) in [7, 11) is -3.53. The lowest BCUT2D eigenvalue weighted by molar-refractivity contribution is -0.115. The minimum atomic E-state index is -3.53. The zero-order chi connectivity index (χ0) is 19.0. The van der Waals surface area contributed by atoms with Gasteiger partial charge in [0.25, 0.3) is 0 Å². The number of amides is 1. The van der Waals surface area contributed by atoms with Crippen LogP contribution >= 0.6 is 12.4 Å². The third-order valence-electron chi connectivity index (χ3n) is 4.85. The standard InChI is InChI=1S/C19H20N2O5S.ClH/c20-15-9-17-18(26-11-25-17)10-16(15)21-19(22)6-7-27(23,24)14-5-4-12-2-1-3-13(12)8-14;/h4-5,8-10H,1-3,6-7,11,20H2,(H,21,22);1H. The van der Waals surface area contributed by atoms with Crippen molar-refractivity contribution in [3.63, 3.8) is 0 Å². The molecule has 0 radical (unpaired) electrons. The largest absolute Gasteiger partial charge is 0.454 e. The second-order valence-electron chi connectivity index (χ2n) is 6.69. The van der Waals surface area contributed by atoms with Crippen LogP contribution in [0, 0.1) is 0 Å². The second kappa shape index (κ2) is 7.89. The molecule has 2 aliphatic rings. The van der Waals surface area contributed by atoms with Gasteiger partial charge in [-0.3, -0.25) is 4.79 Å². The minimum absolute atomic E-state index is 0. The molecule has 1 aliphatic carbocycles. The Morgan fingerprint density at radius 2 is 1.79 bits per heavy atom. The molecule has 0 spiro atoms. The first kappa shape index (κ1) is 20.3. The van der Waals surface area contributed by atoms with Gasteiger partial charge in [0, 0.05) is 18.6 Å². The first-order valence-electron chi connectivity index (χ1n) is 8.76. The van der Waals surface area contributed by atoms with Crippen molar-refractivity contribution in [3.8, 4) is 11.5 Å². The van der Waals surface area contributed by atoms with E-state index in [1.165, 1.54) is 5.56 Å². The van der Waals surface area contributed by atoms with E-state index in [4.69, 9.17) is 15.2 Å². The van der Waals surface area contributed by atoms with Crippen LogP contribution in [0.1, 0.15) is 24.0 Å². The molecule has 1 amide bonds. The third-order valence-corrected chi connectivity index (χ3v) is 6.56. The summed E-state index contributed by atoms with van der Waals surface area (Å²) >= 11 is 0. The number of aryl methyl sites for hydroxylation is 2. The highest BCUT2D eigenvalue weighted by Gasteiger charge is 2.21. The van der Waals surface area contributed by atoms with Crippen LogP contribution in [0.5, 0.6) is 11.5 Å². The average Bonchev–Trinajstić information content (AvgIpc) is 3.28. The van der Waals surface area contributed by atoms with Crippen molar-refractivity contribution in [2.75, 3.05) is 23.6 Å². The smallest absolute Gasteiger partial charge is 0.231 e. The van der Waals surface area contributed by atoms with Crippen LogP contribution in [0.15, 0.2) is 35.2 Å². The monoisotopic (exact) mass is 424 g/mol. The van der Waals surface area contributed by atoms with Gasteiger partial charge in [0.15, 0.2) is 21.3 Å². The first-order valence-corrected chi connectivity index (χ1v) is 10.4. The Bertz CT molecular complexity index is 1020. The molecule has 0 unspecified atom stereocenters. The number of nitrogens with two attached hydrogens (primary N) is 1. The molecule has 0 fully saturated rings. The summed E-state index contributed by atoms with van der Waals surface area (Å²) in [5.41, 5.74) is 8.90. The molecular formula is C19H21ClN2O5S. The number of carbonyl (C=O) groups excluding carboxylic acids is 1. The van der Waals surface area contributed by atoms with E-state index in [0.29, 0.717) is 22.9 Å². The highest BCUT2D eigenvalue weighted by atomic mass is 35.5. The minimum Gasteiger partial charge on any atom is -0.454 e. The van der Waals surface area contributed by atoms with Crippen molar-refractivity contribution in [3.05, 3.63) is 41.5 Å². The van der Waals surface area contributed by atoms with E-state index in [2.05, 4.69) is 5.32 Å². The Kier molecular flexibility index (Phi) is 5.71. The molecule has 28 heavy (non-hydrogen) atoms. The molecule has 150 valence electrons. The number of anilines is 2. The van der Waals surface area contributed by atoms with E-state index < -0.39 is 15.7 Å². The Morgan fingerprint density at radius 1 is 1.07 bits per heavy atom. The first-order chi connectivity index (χ1) is 12.9. The van der Waals surface area contributed by atoms with Gasteiger partial charge in [-0.15, -0.1) is 12.4 Å². The Hall–Kier alpha value is -2.45. The van der Waals surface area contributed by atoms with Gasteiger partial charge in [0.2, 0.25) is 12.7 Å². The van der Waals surface area contributed by atoms with E-state index >= 15 is 0 Å². The SMILES string of the molecule is Cl.Nc1cc2c(cc1NC(=O)CCS(=O)(=O)c1ccc3c(c1)CCC3)OCO2. The van der Waals surface area contributed by atoms with Crippen molar-refractivity contribution < 1.29 is 22.7 Å². The summed E-state index contributed by atoms with van der Waals surface area (Å²) in [5.74, 6) is 0.322. The number of hydrogen-bond acceptors (Lipinski definition) is 6. The van der Waals surface area contributed by atoms with Gasteiger partial charge in [-0.05, 0) is 42.5 Å². The third kappa shape index (κ3) is 4.02. The van der Waals surface area contributed by atoms with Crippen molar-refractivity contribution in [2.45, 2.75) is 30.6 Å². The molecular weight excluding hydrogens is 404 g/mol. The van der Waals surface area contributed by atoms with Crippen molar-refractivity contribution in [1.82, 2.24) is 0 Å². The molecule has 0 bridgehead atoms. The summed E-state index contributed by atoms with van der Waals surface area (Å²) in [6.07, 6.45) is 2.79. The van der Waals surface area contributed by atoms with Crippen LogP contribution in [0.3, 0.4) is 0 Å². The summed E-state index contributed by atoms with van der Waals surface area (Å²) in [6, 6.07) is 8.39. The maximum absolute atomic E-state index is 12.6. The second-order valence-corrected chi connectivity index (χ2v) is 8.80. The molecule has 0 saturated heterocycles. The van der Waals surface area contributed by atoms with Gasteiger partial charge in [0.05, 0.1) is 22.0 Å². The molecule has 0 saturated carbocycles. The molecule has 1 heterocycles. The van der Waals surface area contributed by atoms with Crippen molar-refractivity contribution >= 4 is 39.5 Å². The van der Waals surface area contributed by atoms with Gasteiger partial charge in [0.1, 0.15) is 0 Å². The van der Waals surface area contributed by atoms with Crippen LogP contribution < -0.4 is 20.5 Å². The predicted molar refractivity (Wildman–Crippen MR) is 108 cm³/mol. The maximum Gasteiger partial charge on any atom is 0.231 e. The average molecular weight is 425 g/mol. The summed E-state index contributed by atoms with van der Waals surface area (Å²) in [4.78, 5) is 12.5. The Morgan fingerprint density at radius 3 is 2.57 bits per heavy atom. The van der Waals surface area contributed by atoms with Gasteiger partial charge < -0.3 is 20.5 Å². The van der Waals surface area contributed by atoms with E-state index in [9.17, 15) is 13.2 Å². The van der Waals surface area contributed by atoms with Crippen molar-refractivity contribution in [2.24, 2.45) is 0 Å². The van der Waals surface area contributed by atoms with E-state index in [-0.39, 0.29) is 36.3 Å². The molecule has 1 aliphatic heterocycles. The number of sulfone groups is 1. The van der Waals surface area contributed by atoms with Gasteiger partial charge in [-0.2, -0.15) is 0 Å². The molecule has 0 aromatic heterocycles. The van der Waals surface area contributed by atoms with Crippen molar-refractivity contribution in [1.29, 1.82) is 0 Å². The fraction of sp³-hybridized carbons (Fsp3) is 0.316. The highest BCUT2D eigenvalue weighted by Crippen LogP contribution is 2.38. The van der Waals surface area contributed by atoms with E-state index in [1.54, 1.807) is 24.3 Å². The molecule has 2 aromatic rings. The van der Waals surface area contributed by atoms with Crippen LogP contribution in [-0.4, -0.2) is 26.9 Å². The number of ether oxygens (including phenoxy) is 2. The maximum atomic E-state index is 12.6. The van der Waals surface area contributed by atoms with Crippen LogP contribution in [0.25, 0.3) is 0 Å². The number of rotatable bonds is 5. The Balaban J connectivity index is 0.00000225. The van der Waals surface area contributed by atoms with Crippen LogP contribution in [0.4, 0.5) is 11.4 Å². The summed E-state index contributed by atoms with van der Waals surface area (Å²) < 4.78 is 35.6. The number of hydrogen-bond donors (Lipinski definition) is 2. The van der Waals surface area contributed by atoms with Gasteiger partial charge >= 0.3 is 0 Å². The number of halogens is 1. The topological polar surface area (TPSA) is 108 Å². The quantitative estimate of drug-likeness (QED) is 0.714. The predicted octanol–water partition coefficient (Wildman–Crippen LogP) is 2.71. The molecule has 0 atom stereocenters. The molecule has 3 N–H and O–H groups in total. The van der Waals surface area contributed by atoms with Crippen LogP contribution in [0.2, 0.25) is 0 Å². The fourth-order valence-electron chi connectivity index (χ4n) is 3.37. The van der Waals surface area contributed by atoms with Gasteiger partial charge in [-0.25, -0.2) is 8.42 Å². The lowest BCUT2D eigenvalue weighted by Gasteiger charge is -2.10. The lowest BCUT2D eigenvalue weighted by atomic mass is 10.1. The van der Waals surface area contributed by atoms with E-state index in [0.717, 1.165) is 24.8 Å². The highest BCUT2D eigenvalue weighted by molar-refractivity contribution is 7.91. The fourth-order valence-corrected chi connectivity index (χ4v) is 4.65. The summed E-state index contributed by atoms with van der Waals surface area (Å²) in [5, 5.41) is 2.64. The number of carbonyl (C=O) groups is 1. The van der Waals surface area contributed by atoms with Crippen LogP contribution in [-0.2, 0) is 27.5 Å². The summed E-state index contributed by atoms with van der Waals surface area (Å²) in [6.45, 7) is 0.102. The number of benzene rings is 2. The van der Waals surface area contributed by atoms with Gasteiger partial charge in [-0.1, -0.05) is 6.07 Å². The Labute approximate surface area is 169 Å². The normalized spacial score (nSPS) is 14.3. The zero-order valence-electron chi connectivity index (χ0n) is 15.1. The molecule has 2 aromatic carbocycles. The lowest BCUT2D eigenvalue weighted by Crippen LogP contribution is -2.18. The number of fused-ring (bicyclic) bond motifs is 2. The number of nitrogen functional groups attached to an aromatic ring is 1. The molecule has 7 nitrogen and oxygen atoms in total. The zero-order valence-corrected chi connectivity index (χ0v) is 16.7. The number of nitrogens with one attached hydrogen (secondary N) is 1. The van der Waals surface area contributed by atoms with E-state index in [1.807, 2.05) is 6.07 Å². The molecule has 9 heteroatoms.